The van der Waals surface area contributed by atoms with Crippen molar-refractivity contribution < 1.29 is 9.18 Å². The van der Waals surface area contributed by atoms with Crippen molar-refractivity contribution in [2.75, 3.05) is 18.8 Å². The van der Waals surface area contributed by atoms with Crippen molar-refractivity contribution in [1.82, 2.24) is 15.2 Å². The van der Waals surface area contributed by atoms with E-state index in [2.05, 4.69) is 15.2 Å². The van der Waals surface area contributed by atoms with Crippen molar-refractivity contribution in [1.29, 1.82) is 0 Å². The number of nitrogen functional groups attached to an aromatic ring is 1. The zero-order chi connectivity index (χ0) is 17.8. The molecule has 25 heavy (non-hydrogen) atoms. The number of hydrogen-bond donors (Lipinski definition) is 2. The molecule has 0 aliphatic carbocycles. The highest BCUT2D eigenvalue weighted by atomic mass is 32.1. The van der Waals surface area contributed by atoms with Gasteiger partial charge in [0.1, 0.15) is 5.82 Å². The molecule has 1 saturated heterocycles. The minimum atomic E-state index is -0.233. The highest BCUT2D eigenvalue weighted by Gasteiger charge is 2.25. The summed E-state index contributed by atoms with van der Waals surface area (Å²) < 4.78 is 13.6. The van der Waals surface area contributed by atoms with Crippen LogP contribution < -0.4 is 11.1 Å². The molecule has 0 unspecified atom stereocenters. The zero-order valence-corrected chi connectivity index (χ0v) is 15.1. The molecular formula is C18H23FN4OS. The number of likely N-dealkylation sites (tertiary alicyclic amines) is 1. The van der Waals surface area contributed by atoms with E-state index in [0.29, 0.717) is 17.2 Å². The number of rotatable bonds is 5. The molecule has 0 spiro atoms. The van der Waals surface area contributed by atoms with Crippen LogP contribution >= 0.6 is 11.3 Å². The first-order chi connectivity index (χ1) is 12.0. The second-order valence-electron chi connectivity index (χ2n) is 6.52. The normalized spacial score (nSPS) is 16.1. The maximum Gasteiger partial charge on any atom is 0.223 e. The number of nitrogens with one attached hydrogen (secondary N) is 1. The lowest BCUT2D eigenvalue weighted by molar-refractivity contribution is -0.126. The molecule has 3 N–H and O–H groups in total. The predicted molar refractivity (Wildman–Crippen MR) is 97.5 cm³/mol. The molecule has 0 atom stereocenters. The average Bonchev–Trinajstić information content (AvgIpc) is 3.01. The Kier molecular flexibility index (Phi) is 5.65. The number of hydrogen-bond acceptors (Lipinski definition) is 5. The Morgan fingerprint density at radius 3 is 2.84 bits per heavy atom. The largest absolute Gasteiger partial charge is 0.375 e. The number of anilines is 1. The standard InChI is InChI=1S/C18H23FN4OS/c1-12-2-3-13(8-16(12)19)9-21-17(24)14-4-6-23(7-5-14)11-15-10-22-18(20)25-15/h2-3,8,10,14H,4-7,9,11H2,1H3,(H2,20,22)(H,21,24). The molecule has 1 aromatic carbocycles. The molecule has 1 aromatic heterocycles. The Morgan fingerprint density at radius 2 is 2.20 bits per heavy atom. The van der Waals surface area contributed by atoms with Crippen LogP contribution in [0.5, 0.6) is 0 Å². The van der Waals surface area contributed by atoms with Gasteiger partial charge in [-0.25, -0.2) is 9.37 Å². The number of aromatic nitrogens is 1. The highest BCUT2D eigenvalue weighted by molar-refractivity contribution is 7.15. The summed E-state index contributed by atoms with van der Waals surface area (Å²) in [6.45, 7) is 4.71. The lowest BCUT2D eigenvalue weighted by Crippen LogP contribution is -2.39. The number of halogens is 1. The van der Waals surface area contributed by atoms with Gasteiger partial charge >= 0.3 is 0 Å². The number of aryl methyl sites for hydroxylation is 1. The summed E-state index contributed by atoms with van der Waals surface area (Å²) in [6.07, 6.45) is 3.49. The van der Waals surface area contributed by atoms with E-state index in [9.17, 15) is 9.18 Å². The lowest BCUT2D eigenvalue weighted by atomic mass is 9.96. The summed E-state index contributed by atoms with van der Waals surface area (Å²) in [5.41, 5.74) is 7.06. The van der Waals surface area contributed by atoms with Crippen LogP contribution in [0.15, 0.2) is 24.4 Å². The number of carbonyl (C=O) groups is 1. The van der Waals surface area contributed by atoms with Gasteiger partial charge in [0, 0.05) is 30.1 Å². The molecule has 3 rings (SSSR count). The van der Waals surface area contributed by atoms with Gasteiger partial charge in [-0.15, -0.1) is 11.3 Å². The SMILES string of the molecule is Cc1ccc(CNC(=O)C2CCN(Cc3cnc(N)s3)CC2)cc1F. The summed E-state index contributed by atoms with van der Waals surface area (Å²) in [5, 5.41) is 3.53. The minimum absolute atomic E-state index is 0.0260. The van der Waals surface area contributed by atoms with Gasteiger partial charge in [0.2, 0.25) is 5.91 Å². The molecule has 1 amide bonds. The van der Waals surface area contributed by atoms with E-state index in [1.807, 2.05) is 12.3 Å². The van der Waals surface area contributed by atoms with Gasteiger partial charge in [0.25, 0.3) is 0 Å². The summed E-state index contributed by atoms with van der Waals surface area (Å²) in [4.78, 5) is 19.9. The van der Waals surface area contributed by atoms with Crippen molar-refractivity contribution >= 4 is 22.4 Å². The molecule has 7 heteroatoms. The maximum absolute atomic E-state index is 13.6. The molecule has 1 fully saturated rings. The van der Waals surface area contributed by atoms with Gasteiger partial charge in [-0.1, -0.05) is 12.1 Å². The van der Waals surface area contributed by atoms with Crippen molar-refractivity contribution in [2.24, 2.45) is 5.92 Å². The van der Waals surface area contributed by atoms with Gasteiger partial charge < -0.3 is 11.1 Å². The van der Waals surface area contributed by atoms with E-state index in [1.165, 1.54) is 17.4 Å². The van der Waals surface area contributed by atoms with E-state index >= 15 is 0 Å². The maximum atomic E-state index is 13.6. The number of thiazole rings is 1. The molecule has 2 aromatic rings. The Hall–Kier alpha value is -1.99. The van der Waals surface area contributed by atoms with Gasteiger partial charge in [0.15, 0.2) is 5.13 Å². The van der Waals surface area contributed by atoms with Crippen LogP contribution in [0, 0.1) is 18.7 Å². The van der Waals surface area contributed by atoms with E-state index in [0.717, 1.165) is 42.9 Å². The second kappa shape index (κ2) is 7.93. The van der Waals surface area contributed by atoms with E-state index in [-0.39, 0.29) is 17.6 Å². The van der Waals surface area contributed by atoms with Crippen LogP contribution in [0.2, 0.25) is 0 Å². The van der Waals surface area contributed by atoms with Crippen LogP contribution in [0.1, 0.15) is 28.8 Å². The Morgan fingerprint density at radius 1 is 1.44 bits per heavy atom. The number of nitrogens with zero attached hydrogens (tertiary/aromatic N) is 2. The predicted octanol–water partition coefficient (Wildman–Crippen LogP) is 2.70. The van der Waals surface area contributed by atoms with Gasteiger partial charge in [-0.2, -0.15) is 0 Å². The molecule has 134 valence electrons. The summed E-state index contributed by atoms with van der Waals surface area (Å²) in [5.74, 6) is -0.149. The molecule has 0 saturated carbocycles. The molecule has 2 heterocycles. The fraction of sp³-hybridized carbons (Fsp3) is 0.444. The van der Waals surface area contributed by atoms with Crippen LogP contribution in [0.4, 0.5) is 9.52 Å². The van der Waals surface area contributed by atoms with Crippen molar-refractivity contribution in [3.05, 3.63) is 46.2 Å². The minimum Gasteiger partial charge on any atom is -0.375 e. The third-order valence-electron chi connectivity index (χ3n) is 4.61. The summed E-state index contributed by atoms with van der Waals surface area (Å²) in [6, 6.07) is 5.07. The Labute approximate surface area is 151 Å². The topological polar surface area (TPSA) is 71.2 Å². The zero-order valence-electron chi connectivity index (χ0n) is 14.3. The molecule has 5 nitrogen and oxygen atoms in total. The smallest absolute Gasteiger partial charge is 0.223 e. The molecule has 0 radical (unpaired) electrons. The van der Waals surface area contributed by atoms with Gasteiger partial charge in [0.05, 0.1) is 0 Å². The number of carbonyl (C=O) groups excluding carboxylic acids is 1. The monoisotopic (exact) mass is 362 g/mol. The van der Waals surface area contributed by atoms with Crippen LogP contribution in [-0.2, 0) is 17.9 Å². The van der Waals surface area contributed by atoms with Crippen molar-refractivity contribution in [2.45, 2.75) is 32.9 Å². The first-order valence-electron chi connectivity index (χ1n) is 8.46. The fourth-order valence-corrected chi connectivity index (χ4v) is 3.78. The van der Waals surface area contributed by atoms with Crippen molar-refractivity contribution in [3.8, 4) is 0 Å². The summed E-state index contributed by atoms with van der Waals surface area (Å²) >= 11 is 1.51. The Bertz CT molecular complexity index is 740. The Balaban J connectivity index is 1.44. The van der Waals surface area contributed by atoms with Gasteiger partial charge in [-0.3, -0.25) is 9.69 Å². The quantitative estimate of drug-likeness (QED) is 0.858. The molecule has 1 aliphatic heterocycles. The highest BCUT2D eigenvalue weighted by Crippen LogP contribution is 2.22. The van der Waals surface area contributed by atoms with Crippen LogP contribution in [0.3, 0.4) is 0 Å². The van der Waals surface area contributed by atoms with E-state index in [1.54, 1.807) is 13.0 Å². The van der Waals surface area contributed by atoms with E-state index in [4.69, 9.17) is 5.73 Å². The number of amides is 1. The lowest BCUT2D eigenvalue weighted by Gasteiger charge is -2.30. The number of benzene rings is 1. The van der Waals surface area contributed by atoms with Crippen LogP contribution in [0.25, 0.3) is 0 Å². The van der Waals surface area contributed by atoms with Crippen molar-refractivity contribution in [3.63, 3.8) is 0 Å². The second-order valence-corrected chi connectivity index (χ2v) is 7.66. The summed E-state index contributed by atoms with van der Waals surface area (Å²) in [7, 11) is 0. The van der Waals surface area contributed by atoms with E-state index < -0.39 is 0 Å². The molecule has 0 bridgehead atoms. The third kappa shape index (κ3) is 4.76. The molecule has 1 aliphatic rings. The van der Waals surface area contributed by atoms with Crippen LogP contribution in [-0.4, -0.2) is 28.9 Å². The van der Waals surface area contributed by atoms with Gasteiger partial charge in [-0.05, 0) is 50.0 Å². The number of piperidine rings is 1. The number of nitrogens with two attached hydrogens (primary N) is 1. The molecular weight excluding hydrogens is 339 g/mol. The first-order valence-corrected chi connectivity index (χ1v) is 9.28. The fourth-order valence-electron chi connectivity index (χ4n) is 3.05. The first kappa shape index (κ1) is 17.8. The third-order valence-corrected chi connectivity index (χ3v) is 5.42. The average molecular weight is 362 g/mol.